The van der Waals surface area contributed by atoms with E-state index in [-0.39, 0.29) is 56.9 Å². The molecule has 0 heterocycles. The van der Waals surface area contributed by atoms with Gasteiger partial charge in [0.15, 0.2) is 0 Å². The molecule has 0 saturated heterocycles. The Bertz CT molecular complexity index is 1570. The molecule has 0 unspecified atom stereocenters. The van der Waals surface area contributed by atoms with Crippen LogP contribution in [0.15, 0.2) is 68.5 Å². The van der Waals surface area contributed by atoms with Gasteiger partial charge in [0.25, 0.3) is 0 Å². The maximum absolute atomic E-state index is 17.4. The molecule has 0 saturated carbocycles. The summed E-state index contributed by atoms with van der Waals surface area (Å²) in [6, 6.07) is 4.70. The van der Waals surface area contributed by atoms with Crippen molar-refractivity contribution in [3.63, 3.8) is 0 Å². The van der Waals surface area contributed by atoms with Gasteiger partial charge in [0.2, 0.25) is 0 Å². The molecule has 9 heteroatoms. The first-order chi connectivity index (χ1) is 22.1. The fraction of sp³-hybridized carbons (Fsp3) is 0.421. The van der Waals surface area contributed by atoms with Crippen LogP contribution in [0.25, 0.3) is 0 Å². The molecule has 2 aliphatic carbocycles. The molecule has 4 nitrogen and oxygen atoms in total. The molecule has 0 bridgehead atoms. The fourth-order valence-electron chi connectivity index (χ4n) is 6.49. The van der Waals surface area contributed by atoms with Crippen LogP contribution in [-0.4, -0.2) is 24.9 Å². The van der Waals surface area contributed by atoms with Crippen LogP contribution in [0, 0.1) is 34.1 Å². The zero-order valence-corrected chi connectivity index (χ0v) is 30.3. The van der Waals surface area contributed by atoms with Crippen LogP contribution in [0.1, 0.15) is 81.1 Å². The molecule has 0 aliphatic heterocycles. The van der Waals surface area contributed by atoms with E-state index < -0.39 is 50.7 Å². The number of rotatable bonds is 12. The second kappa shape index (κ2) is 14.1. The number of hydrogen-bond acceptors (Lipinski definition) is 2. The van der Waals surface area contributed by atoms with E-state index in [1.165, 1.54) is 21.9 Å². The van der Waals surface area contributed by atoms with Crippen molar-refractivity contribution < 1.29 is 43.7 Å². The van der Waals surface area contributed by atoms with Crippen LogP contribution in [0.4, 0.5) is 28.9 Å². The number of benzene rings is 2. The Labute approximate surface area is 280 Å². The first-order valence-electron chi connectivity index (χ1n) is 16.5. The third kappa shape index (κ3) is 6.24. The predicted octanol–water partition coefficient (Wildman–Crippen LogP) is 8.61. The molecule has 0 spiro atoms. The van der Waals surface area contributed by atoms with E-state index in [1.54, 1.807) is 65.8 Å². The van der Waals surface area contributed by atoms with Gasteiger partial charge in [-0.05, 0) is 0 Å². The van der Waals surface area contributed by atoms with Gasteiger partial charge >= 0.3 is 281 Å². The summed E-state index contributed by atoms with van der Waals surface area (Å²) in [5, 5.41) is 0. The van der Waals surface area contributed by atoms with Crippen LogP contribution >= 0.6 is 0 Å². The zero-order valence-electron chi connectivity index (χ0n) is 28.7. The minimum atomic E-state index is -5.20. The van der Waals surface area contributed by atoms with Crippen LogP contribution in [0.3, 0.4) is 0 Å². The summed E-state index contributed by atoms with van der Waals surface area (Å²) in [4.78, 5) is 30.0. The van der Waals surface area contributed by atoms with Crippen LogP contribution in [-0.2, 0) is 26.2 Å². The predicted molar refractivity (Wildman–Crippen MR) is 180 cm³/mol. The van der Waals surface area contributed by atoms with Gasteiger partial charge in [0, 0.05) is 0 Å². The van der Waals surface area contributed by atoms with E-state index in [0.29, 0.717) is 20.6 Å². The molecular formula is C38H46F4N2O2Ti. The molecule has 0 radical (unpaired) electrons. The Morgan fingerprint density at radius 2 is 1.02 bits per heavy atom. The Kier molecular flexibility index (Phi) is 11.0. The first-order valence-corrected chi connectivity index (χ1v) is 19.6. The van der Waals surface area contributed by atoms with Crippen molar-refractivity contribution in [2.45, 2.75) is 81.1 Å². The molecule has 0 fully saturated rings. The average Bonchev–Trinajstić information content (AvgIpc) is 3.78. The van der Waals surface area contributed by atoms with Crippen LogP contribution < -0.4 is 17.5 Å². The Morgan fingerprint density at radius 3 is 1.30 bits per heavy atom. The van der Waals surface area contributed by atoms with Crippen molar-refractivity contribution in [1.82, 2.24) is 0 Å². The second-order valence-corrected chi connectivity index (χ2v) is 19.4. The summed E-state index contributed by atoms with van der Waals surface area (Å²) in [6.45, 7) is 14.4. The number of carbonyl (C=O) groups is 2. The molecule has 252 valence electrons. The number of carbonyl (C=O) groups excluding carboxylic acids is 2. The van der Waals surface area contributed by atoms with Crippen molar-refractivity contribution in [2.24, 2.45) is 10.8 Å². The summed E-state index contributed by atoms with van der Waals surface area (Å²) >= 11 is -5.20. The van der Waals surface area contributed by atoms with Gasteiger partial charge in [-0.25, -0.2) is 0 Å². The van der Waals surface area contributed by atoms with Gasteiger partial charge in [-0.15, -0.1) is 0 Å². The van der Waals surface area contributed by atoms with Crippen LogP contribution in [0.2, 0.25) is 0 Å². The summed E-state index contributed by atoms with van der Waals surface area (Å²) < 4.78 is 68.4. The van der Waals surface area contributed by atoms with Crippen molar-refractivity contribution in [3.8, 4) is 0 Å². The first kappa shape index (κ1) is 36.6. The Hall–Kier alpha value is -3.23. The summed E-state index contributed by atoms with van der Waals surface area (Å²) in [7, 11) is 0. The maximum atomic E-state index is 17.4. The van der Waals surface area contributed by atoms with Crippen molar-refractivity contribution in [3.05, 3.63) is 91.7 Å². The van der Waals surface area contributed by atoms with Crippen LogP contribution in [0.5, 0.6) is 0 Å². The monoisotopic (exact) mass is 686 g/mol. The number of amides is 2. The quantitative estimate of drug-likeness (QED) is 0.166. The molecule has 2 aromatic rings. The van der Waals surface area contributed by atoms with E-state index in [4.69, 9.17) is 0 Å². The molecule has 0 N–H and O–H groups in total. The molecule has 0 aromatic heterocycles. The van der Waals surface area contributed by atoms with E-state index in [2.05, 4.69) is 0 Å². The number of allylic oxidation sites excluding steroid dienone is 8. The van der Waals surface area contributed by atoms with E-state index in [0.717, 1.165) is 12.1 Å². The zero-order chi connectivity index (χ0) is 34.9. The normalized spacial score (nSPS) is 14.8. The summed E-state index contributed by atoms with van der Waals surface area (Å²) in [5.74, 6) is -4.51. The van der Waals surface area contributed by atoms with Gasteiger partial charge in [-0.2, -0.15) is 0 Å². The van der Waals surface area contributed by atoms with Crippen molar-refractivity contribution in [1.29, 1.82) is 0 Å². The van der Waals surface area contributed by atoms with E-state index in [1.807, 2.05) is 26.0 Å². The molecule has 0 atom stereocenters. The molecule has 2 amide bonds. The third-order valence-corrected chi connectivity index (χ3v) is 18.0. The van der Waals surface area contributed by atoms with Crippen molar-refractivity contribution >= 4 is 30.9 Å². The van der Waals surface area contributed by atoms with Gasteiger partial charge < -0.3 is 0 Å². The molecule has 2 aromatic carbocycles. The molecular weight excluding hydrogens is 640 g/mol. The van der Waals surface area contributed by atoms with Gasteiger partial charge in [-0.3, -0.25) is 0 Å². The topological polar surface area (TPSA) is 40.6 Å². The standard InChI is InChI=1S/2C14H18F2NO.2C5H5.Ti/c2*1-5-14(3,4)13(18)17(6-2)12-8-7-10(15)9-11(12)16;2*1-2-4-5-3-1;/h2*7-8H,5-6H2,1-4H3;2*1-3H,4H2;. The molecule has 47 heavy (non-hydrogen) atoms. The minimum absolute atomic E-state index is 0.109. The number of anilines is 2. The summed E-state index contributed by atoms with van der Waals surface area (Å²) in [6.07, 6.45) is 12.0. The van der Waals surface area contributed by atoms with E-state index >= 15 is 17.6 Å². The number of nitrogens with zero attached hydrogens (tertiary/aromatic N) is 2. The fourth-order valence-corrected chi connectivity index (χ4v) is 14.7. The molecule has 4 rings (SSSR count). The Balaban J connectivity index is 2.16. The SMILES string of the molecule is CCN(C(=O)C(C)(C)CC)c1ccc(F)[c]([Ti]([C]2=CC=CC2)([C]2=CC=CC2)[c]2c(F)ccc(N(CC)C(=O)C(C)(C)CC)c2F)c1F. The van der Waals surface area contributed by atoms with Crippen molar-refractivity contribution in [2.75, 3.05) is 22.9 Å². The number of halogens is 4. The second-order valence-electron chi connectivity index (χ2n) is 13.5. The van der Waals surface area contributed by atoms with Gasteiger partial charge in [0.1, 0.15) is 0 Å². The van der Waals surface area contributed by atoms with E-state index in [9.17, 15) is 9.59 Å². The van der Waals surface area contributed by atoms with Gasteiger partial charge in [0.05, 0.1) is 0 Å². The van der Waals surface area contributed by atoms with Gasteiger partial charge in [-0.1, -0.05) is 0 Å². The molecule has 2 aliphatic rings. The average molecular weight is 687 g/mol. The Morgan fingerprint density at radius 1 is 0.660 bits per heavy atom. The third-order valence-electron chi connectivity index (χ3n) is 10.0. The summed E-state index contributed by atoms with van der Waals surface area (Å²) in [5.41, 5.74) is -1.92. The number of hydrogen-bond donors (Lipinski definition) is 0.